The van der Waals surface area contributed by atoms with Crippen LogP contribution in [0.4, 0.5) is 5.82 Å². The fraction of sp³-hybridized carbons (Fsp3) is 0.500. The van der Waals surface area contributed by atoms with E-state index in [2.05, 4.69) is 45.1 Å². The Balaban J connectivity index is 2.28. The van der Waals surface area contributed by atoms with E-state index in [9.17, 15) is 0 Å². The Morgan fingerprint density at radius 3 is 2.86 bits per heavy atom. The van der Waals surface area contributed by atoms with Crippen molar-refractivity contribution in [1.82, 2.24) is 9.88 Å². The van der Waals surface area contributed by atoms with Gasteiger partial charge in [-0.25, -0.2) is 4.98 Å². The molecule has 1 heterocycles. The van der Waals surface area contributed by atoms with Crippen molar-refractivity contribution in [3.05, 3.63) is 22.8 Å². The zero-order valence-corrected chi connectivity index (χ0v) is 10.2. The van der Waals surface area contributed by atoms with Crippen LogP contribution >= 0.6 is 15.9 Å². The first kappa shape index (κ1) is 11.5. The Bertz CT molecular complexity index is 261. The number of nitrogens with one attached hydrogen (secondary N) is 1. The second-order valence-corrected chi connectivity index (χ2v) is 4.10. The molecule has 1 aromatic rings. The van der Waals surface area contributed by atoms with Crippen LogP contribution in [0.2, 0.25) is 0 Å². The average molecular weight is 258 g/mol. The van der Waals surface area contributed by atoms with Crippen LogP contribution in [0.5, 0.6) is 0 Å². The van der Waals surface area contributed by atoms with Crippen LogP contribution in [0.15, 0.2) is 22.8 Å². The molecule has 0 atom stereocenters. The molecule has 14 heavy (non-hydrogen) atoms. The van der Waals surface area contributed by atoms with E-state index in [0.717, 1.165) is 29.9 Å². The number of anilines is 1. The van der Waals surface area contributed by atoms with Gasteiger partial charge in [-0.15, -0.1) is 0 Å². The van der Waals surface area contributed by atoms with Crippen molar-refractivity contribution in [2.24, 2.45) is 0 Å². The summed E-state index contributed by atoms with van der Waals surface area (Å²) in [7, 11) is 2.11. The monoisotopic (exact) mass is 257 g/mol. The van der Waals surface area contributed by atoms with Crippen molar-refractivity contribution < 1.29 is 0 Å². The standard InChI is InChI=1S/C10H16BrN3/c1-3-14(2)7-6-12-10-5-4-9(11)8-13-10/h4-5,8H,3,6-7H2,1-2H3,(H,12,13). The van der Waals surface area contributed by atoms with E-state index < -0.39 is 0 Å². The molecule has 0 amide bonds. The number of halogens is 1. The van der Waals surface area contributed by atoms with Crippen LogP contribution in [0.25, 0.3) is 0 Å². The minimum atomic E-state index is 0.928. The Morgan fingerprint density at radius 1 is 1.50 bits per heavy atom. The molecule has 0 aliphatic carbocycles. The average Bonchev–Trinajstić information content (AvgIpc) is 2.21. The second-order valence-electron chi connectivity index (χ2n) is 3.18. The molecule has 0 aliphatic heterocycles. The minimum absolute atomic E-state index is 0.928. The fourth-order valence-corrected chi connectivity index (χ4v) is 1.25. The summed E-state index contributed by atoms with van der Waals surface area (Å²) in [6.07, 6.45) is 1.80. The second kappa shape index (κ2) is 5.98. The van der Waals surface area contributed by atoms with Gasteiger partial charge in [0.15, 0.2) is 0 Å². The van der Waals surface area contributed by atoms with Gasteiger partial charge in [0.25, 0.3) is 0 Å². The topological polar surface area (TPSA) is 28.2 Å². The van der Waals surface area contributed by atoms with E-state index in [-0.39, 0.29) is 0 Å². The maximum Gasteiger partial charge on any atom is 0.126 e. The third-order valence-corrected chi connectivity index (χ3v) is 2.54. The number of rotatable bonds is 5. The van der Waals surface area contributed by atoms with E-state index in [4.69, 9.17) is 0 Å². The first-order valence-electron chi connectivity index (χ1n) is 4.76. The summed E-state index contributed by atoms with van der Waals surface area (Å²) in [5, 5.41) is 3.26. The molecule has 0 saturated heterocycles. The van der Waals surface area contributed by atoms with Crippen molar-refractivity contribution in [2.45, 2.75) is 6.92 Å². The van der Waals surface area contributed by atoms with E-state index in [1.54, 1.807) is 6.20 Å². The van der Waals surface area contributed by atoms with Crippen LogP contribution in [0.3, 0.4) is 0 Å². The summed E-state index contributed by atoms with van der Waals surface area (Å²) < 4.78 is 1.01. The Morgan fingerprint density at radius 2 is 2.29 bits per heavy atom. The molecule has 0 bridgehead atoms. The van der Waals surface area contributed by atoms with Crippen LogP contribution in [-0.4, -0.2) is 36.6 Å². The molecule has 0 aromatic carbocycles. The third-order valence-electron chi connectivity index (χ3n) is 2.07. The van der Waals surface area contributed by atoms with Gasteiger partial charge in [0, 0.05) is 23.8 Å². The number of pyridine rings is 1. The molecule has 0 radical (unpaired) electrons. The van der Waals surface area contributed by atoms with E-state index in [1.165, 1.54) is 0 Å². The predicted molar refractivity (Wildman–Crippen MR) is 63.6 cm³/mol. The minimum Gasteiger partial charge on any atom is -0.369 e. The van der Waals surface area contributed by atoms with Crippen LogP contribution < -0.4 is 5.32 Å². The summed E-state index contributed by atoms with van der Waals surface area (Å²) in [5.74, 6) is 0.928. The Hall–Kier alpha value is -0.610. The quantitative estimate of drug-likeness (QED) is 0.877. The summed E-state index contributed by atoms with van der Waals surface area (Å²) in [5.41, 5.74) is 0. The molecule has 0 unspecified atom stereocenters. The number of hydrogen-bond acceptors (Lipinski definition) is 3. The highest BCUT2D eigenvalue weighted by Crippen LogP contribution is 2.09. The van der Waals surface area contributed by atoms with Crippen LogP contribution in [0.1, 0.15) is 6.92 Å². The number of aromatic nitrogens is 1. The zero-order chi connectivity index (χ0) is 10.4. The first-order chi connectivity index (χ1) is 6.72. The van der Waals surface area contributed by atoms with Gasteiger partial charge in [-0.1, -0.05) is 6.92 Å². The van der Waals surface area contributed by atoms with Gasteiger partial charge in [-0.3, -0.25) is 0 Å². The van der Waals surface area contributed by atoms with Crippen LogP contribution in [0, 0.1) is 0 Å². The molecule has 4 heteroatoms. The Labute approximate surface area is 93.7 Å². The lowest BCUT2D eigenvalue weighted by Gasteiger charge is -2.14. The van der Waals surface area contributed by atoms with Gasteiger partial charge in [-0.2, -0.15) is 0 Å². The zero-order valence-electron chi connectivity index (χ0n) is 8.63. The van der Waals surface area contributed by atoms with E-state index >= 15 is 0 Å². The number of likely N-dealkylation sites (N-methyl/N-ethyl adjacent to an activating group) is 1. The number of nitrogens with zero attached hydrogens (tertiary/aromatic N) is 2. The number of hydrogen-bond donors (Lipinski definition) is 1. The SMILES string of the molecule is CCN(C)CCNc1ccc(Br)cn1. The van der Waals surface area contributed by atoms with Crippen molar-refractivity contribution in [3.8, 4) is 0 Å². The molecular weight excluding hydrogens is 242 g/mol. The molecule has 0 spiro atoms. The normalized spacial score (nSPS) is 10.6. The molecule has 78 valence electrons. The maximum absolute atomic E-state index is 4.22. The maximum atomic E-state index is 4.22. The van der Waals surface area contributed by atoms with Gasteiger partial charge < -0.3 is 10.2 Å². The Kier molecular flexibility index (Phi) is 4.90. The summed E-state index contributed by atoms with van der Waals surface area (Å²) in [6, 6.07) is 3.95. The molecular formula is C10H16BrN3. The molecule has 1 N–H and O–H groups in total. The van der Waals surface area contributed by atoms with Gasteiger partial charge in [-0.05, 0) is 41.7 Å². The first-order valence-corrected chi connectivity index (χ1v) is 5.55. The van der Waals surface area contributed by atoms with Gasteiger partial charge in [0.05, 0.1) is 0 Å². The third kappa shape index (κ3) is 4.07. The molecule has 0 saturated carbocycles. The molecule has 1 rings (SSSR count). The molecule has 0 aliphatic rings. The highest BCUT2D eigenvalue weighted by molar-refractivity contribution is 9.10. The fourth-order valence-electron chi connectivity index (χ4n) is 1.01. The van der Waals surface area contributed by atoms with E-state index in [1.807, 2.05) is 12.1 Å². The van der Waals surface area contributed by atoms with Crippen molar-refractivity contribution in [3.63, 3.8) is 0 Å². The summed E-state index contributed by atoms with van der Waals surface area (Å²) in [6.45, 7) is 5.19. The highest BCUT2D eigenvalue weighted by Gasteiger charge is 1.95. The van der Waals surface area contributed by atoms with E-state index in [0.29, 0.717) is 0 Å². The highest BCUT2D eigenvalue weighted by atomic mass is 79.9. The smallest absolute Gasteiger partial charge is 0.126 e. The summed E-state index contributed by atoms with van der Waals surface area (Å²) in [4.78, 5) is 6.48. The van der Waals surface area contributed by atoms with Crippen molar-refractivity contribution in [1.29, 1.82) is 0 Å². The van der Waals surface area contributed by atoms with Gasteiger partial charge in [0.1, 0.15) is 5.82 Å². The van der Waals surface area contributed by atoms with Gasteiger partial charge >= 0.3 is 0 Å². The van der Waals surface area contributed by atoms with Crippen molar-refractivity contribution in [2.75, 3.05) is 32.0 Å². The van der Waals surface area contributed by atoms with Gasteiger partial charge in [0.2, 0.25) is 0 Å². The molecule has 0 fully saturated rings. The van der Waals surface area contributed by atoms with Crippen LogP contribution in [-0.2, 0) is 0 Å². The lowest BCUT2D eigenvalue weighted by Crippen LogP contribution is -2.24. The molecule has 1 aromatic heterocycles. The lowest BCUT2D eigenvalue weighted by molar-refractivity contribution is 0.367. The largest absolute Gasteiger partial charge is 0.369 e. The lowest BCUT2D eigenvalue weighted by atomic mass is 10.4. The molecule has 3 nitrogen and oxygen atoms in total. The summed E-state index contributed by atoms with van der Waals surface area (Å²) >= 11 is 3.35. The predicted octanol–water partition coefficient (Wildman–Crippen LogP) is 2.21. The van der Waals surface area contributed by atoms with Crippen molar-refractivity contribution >= 4 is 21.7 Å².